The number of rotatable bonds is 6. The van der Waals surface area contributed by atoms with Crippen LogP contribution in [-0.4, -0.2) is 27.3 Å². The first-order valence-electron chi connectivity index (χ1n) is 7.81. The first kappa shape index (κ1) is 17.4. The van der Waals surface area contributed by atoms with Crippen LogP contribution in [0.3, 0.4) is 0 Å². The number of hydrogen-bond donors (Lipinski definition) is 0. The second-order valence-electron chi connectivity index (χ2n) is 5.65. The van der Waals surface area contributed by atoms with Crippen molar-refractivity contribution in [2.75, 3.05) is 6.26 Å². The molecule has 0 aliphatic rings. The van der Waals surface area contributed by atoms with Gasteiger partial charge in [-0.3, -0.25) is 9.00 Å². The fraction of sp³-hybridized carbons (Fsp3) is 0.316. The smallest absolute Gasteiger partial charge is 0.254 e. The summed E-state index contributed by atoms with van der Waals surface area (Å²) in [6.45, 7) is 4.74. The Morgan fingerprint density at radius 3 is 2.22 bits per heavy atom. The van der Waals surface area contributed by atoms with Gasteiger partial charge in [-0.2, -0.15) is 0 Å². The molecule has 122 valence electrons. The van der Waals surface area contributed by atoms with Gasteiger partial charge in [0, 0.05) is 40.1 Å². The second-order valence-corrected chi connectivity index (χ2v) is 7.03. The third-order valence-electron chi connectivity index (χ3n) is 4.01. The van der Waals surface area contributed by atoms with E-state index in [1.54, 1.807) is 30.5 Å². The van der Waals surface area contributed by atoms with Crippen LogP contribution in [0.4, 0.5) is 0 Å². The van der Waals surface area contributed by atoms with Crippen LogP contribution in [0.1, 0.15) is 36.2 Å². The molecule has 2 atom stereocenters. The lowest BCUT2D eigenvalue weighted by Gasteiger charge is -2.29. The molecule has 0 bridgehead atoms. The summed E-state index contributed by atoms with van der Waals surface area (Å²) in [5, 5.41) is 0. The number of benzene rings is 2. The van der Waals surface area contributed by atoms with Crippen molar-refractivity contribution in [1.29, 1.82) is 0 Å². The van der Waals surface area contributed by atoms with Crippen LogP contribution in [0.15, 0.2) is 59.5 Å². The van der Waals surface area contributed by atoms with Crippen LogP contribution in [-0.2, 0) is 17.3 Å². The third-order valence-corrected chi connectivity index (χ3v) is 4.95. The maximum atomic E-state index is 12.9. The van der Waals surface area contributed by atoms with Crippen molar-refractivity contribution in [3.63, 3.8) is 0 Å². The summed E-state index contributed by atoms with van der Waals surface area (Å²) in [4.78, 5) is 15.5. The Balaban J connectivity index is 2.24. The highest BCUT2D eigenvalue weighted by Gasteiger charge is 2.20. The molecule has 0 spiro atoms. The summed E-state index contributed by atoms with van der Waals surface area (Å²) in [5.74, 6) is 0.0108. The Bertz CT molecular complexity index is 668. The van der Waals surface area contributed by atoms with Gasteiger partial charge in [-0.25, -0.2) is 0 Å². The van der Waals surface area contributed by atoms with Crippen LogP contribution >= 0.6 is 0 Å². The Labute approximate surface area is 140 Å². The predicted molar refractivity (Wildman–Crippen MR) is 94.8 cm³/mol. The van der Waals surface area contributed by atoms with Crippen LogP contribution in [0, 0.1) is 0 Å². The summed E-state index contributed by atoms with van der Waals surface area (Å²) in [7, 11) is -1.03. The number of carbonyl (C=O) groups excluding carboxylic acids is 1. The van der Waals surface area contributed by atoms with Crippen molar-refractivity contribution in [3.05, 3.63) is 65.7 Å². The highest BCUT2D eigenvalue weighted by molar-refractivity contribution is 7.84. The average molecular weight is 329 g/mol. The summed E-state index contributed by atoms with van der Waals surface area (Å²) in [5.41, 5.74) is 1.75. The zero-order valence-electron chi connectivity index (χ0n) is 13.9. The zero-order chi connectivity index (χ0) is 16.8. The normalized spacial score (nSPS) is 13.3. The molecular formula is C19H23NO2S. The summed E-state index contributed by atoms with van der Waals surface area (Å²) < 4.78 is 11.5. The minimum Gasteiger partial charge on any atom is -0.332 e. The Kier molecular flexibility index (Phi) is 6.11. The van der Waals surface area contributed by atoms with Gasteiger partial charge in [0.2, 0.25) is 0 Å². The zero-order valence-corrected chi connectivity index (χ0v) is 14.7. The lowest BCUT2D eigenvalue weighted by molar-refractivity contribution is 0.0671. The molecular weight excluding hydrogens is 306 g/mol. The fourth-order valence-electron chi connectivity index (χ4n) is 2.38. The monoisotopic (exact) mass is 329 g/mol. The molecule has 0 saturated carbocycles. The number of amides is 1. The molecule has 0 saturated heterocycles. The molecule has 2 rings (SSSR count). The van der Waals surface area contributed by atoms with E-state index in [1.807, 2.05) is 35.2 Å². The van der Waals surface area contributed by atoms with Gasteiger partial charge in [-0.05, 0) is 43.2 Å². The van der Waals surface area contributed by atoms with Gasteiger partial charge >= 0.3 is 0 Å². The van der Waals surface area contributed by atoms with Crippen molar-refractivity contribution in [3.8, 4) is 0 Å². The highest BCUT2D eigenvalue weighted by Crippen LogP contribution is 2.16. The Hall–Kier alpha value is -1.94. The minimum absolute atomic E-state index is 0.0108. The van der Waals surface area contributed by atoms with E-state index in [-0.39, 0.29) is 11.9 Å². The van der Waals surface area contributed by atoms with Crippen LogP contribution < -0.4 is 0 Å². The van der Waals surface area contributed by atoms with Crippen molar-refractivity contribution in [1.82, 2.24) is 4.90 Å². The summed E-state index contributed by atoms with van der Waals surface area (Å²) in [6, 6.07) is 17.2. The number of carbonyl (C=O) groups is 1. The largest absolute Gasteiger partial charge is 0.332 e. The summed E-state index contributed by atoms with van der Waals surface area (Å²) >= 11 is 0. The van der Waals surface area contributed by atoms with Gasteiger partial charge in [0.05, 0.1) is 0 Å². The molecule has 2 aromatic rings. The van der Waals surface area contributed by atoms with E-state index < -0.39 is 10.8 Å². The summed E-state index contributed by atoms with van der Waals surface area (Å²) in [6.07, 6.45) is 2.54. The molecule has 0 heterocycles. The van der Waals surface area contributed by atoms with Gasteiger partial charge < -0.3 is 4.90 Å². The lowest BCUT2D eigenvalue weighted by Crippen LogP contribution is -2.37. The molecule has 0 N–H and O–H groups in total. The molecule has 0 aliphatic carbocycles. The van der Waals surface area contributed by atoms with Crippen LogP contribution in [0.5, 0.6) is 0 Å². The molecule has 0 radical (unpaired) electrons. The maximum Gasteiger partial charge on any atom is 0.254 e. The third kappa shape index (κ3) is 4.52. The standard InChI is InChI=1S/C19H23NO2S/c1-4-15(2)20(14-16-8-6-5-7-9-16)19(21)17-10-12-18(13-11-17)23(3)22/h5-13,15H,4,14H2,1-3H3. The van der Waals surface area contributed by atoms with E-state index in [0.717, 1.165) is 16.9 Å². The quantitative estimate of drug-likeness (QED) is 0.807. The molecule has 2 unspecified atom stereocenters. The molecule has 0 aromatic heterocycles. The molecule has 1 amide bonds. The average Bonchev–Trinajstić information content (AvgIpc) is 2.59. The minimum atomic E-state index is -1.03. The fourth-order valence-corrected chi connectivity index (χ4v) is 2.90. The van der Waals surface area contributed by atoms with Crippen molar-refractivity contribution >= 4 is 16.7 Å². The molecule has 4 heteroatoms. The van der Waals surface area contributed by atoms with Crippen molar-refractivity contribution in [2.45, 2.75) is 37.8 Å². The highest BCUT2D eigenvalue weighted by atomic mass is 32.2. The number of nitrogens with zero attached hydrogens (tertiary/aromatic N) is 1. The molecule has 0 aliphatic heterocycles. The van der Waals surface area contributed by atoms with E-state index in [4.69, 9.17) is 0 Å². The van der Waals surface area contributed by atoms with Gasteiger partial charge in [0.25, 0.3) is 5.91 Å². The molecule has 3 nitrogen and oxygen atoms in total. The predicted octanol–water partition coefficient (Wildman–Crippen LogP) is 3.86. The van der Waals surface area contributed by atoms with Crippen LogP contribution in [0.25, 0.3) is 0 Å². The van der Waals surface area contributed by atoms with E-state index in [0.29, 0.717) is 12.1 Å². The topological polar surface area (TPSA) is 37.4 Å². The SMILES string of the molecule is CCC(C)N(Cc1ccccc1)C(=O)c1ccc(S(C)=O)cc1. The van der Waals surface area contributed by atoms with Gasteiger partial charge in [0.1, 0.15) is 0 Å². The molecule has 23 heavy (non-hydrogen) atoms. The van der Waals surface area contributed by atoms with E-state index in [2.05, 4.69) is 13.8 Å². The molecule has 0 fully saturated rings. The van der Waals surface area contributed by atoms with Gasteiger partial charge in [0.15, 0.2) is 0 Å². The van der Waals surface area contributed by atoms with E-state index >= 15 is 0 Å². The Morgan fingerprint density at radius 2 is 1.70 bits per heavy atom. The first-order valence-corrected chi connectivity index (χ1v) is 9.37. The van der Waals surface area contributed by atoms with Crippen molar-refractivity contribution < 1.29 is 9.00 Å². The lowest BCUT2D eigenvalue weighted by atomic mass is 10.1. The number of hydrogen-bond acceptors (Lipinski definition) is 2. The maximum absolute atomic E-state index is 12.9. The van der Waals surface area contributed by atoms with Gasteiger partial charge in [-0.1, -0.05) is 37.3 Å². The van der Waals surface area contributed by atoms with E-state index in [9.17, 15) is 9.00 Å². The van der Waals surface area contributed by atoms with Gasteiger partial charge in [-0.15, -0.1) is 0 Å². The van der Waals surface area contributed by atoms with E-state index in [1.165, 1.54) is 0 Å². The first-order chi connectivity index (χ1) is 11.0. The van der Waals surface area contributed by atoms with Crippen LogP contribution in [0.2, 0.25) is 0 Å². The molecule has 2 aromatic carbocycles. The second kappa shape index (κ2) is 8.06. The van der Waals surface area contributed by atoms with Crippen molar-refractivity contribution in [2.24, 2.45) is 0 Å². The Morgan fingerprint density at radius 1 is 1.09 bits per heavy atom.